The van der Waals surface area contributed by atoms with E-state index in [1.807, 2.05) is 22.6 Å². The van der Waals surface area contributed by atoms with E-state index < -0.39 is 0 Å². The number of amides is 3. The largest absolute Gasteiger partial charge is 0.379 e. The van der Waals surface area contributed by atoms with Crippen LogP contribution in [0, 0.1) is 5.92 Å². The number of aromatic nitrogens is 2. The van der Waals surface area contributed by atoms with Crippen LogP contribution in [0.15, 0.2) is 6.07 Å². The van der Waals surface area contributed by atoms with Gasteiger partial charge in [-0.05, 0) is 6.07 Å². The molecule has 1 saturated heterocycles. The van der Waals surface area contributed by atoms with Crippen LogP contribution in [-0.2, 0) is 29.2 Å². The predicted molar refractivity (Wildman–Crippen MR) is 100.0 cm³/mol. The van der Waals surface area contributed by atoms with Crippen LogP contribution < -0.4 is 5.32 Å². The van der Waals surface area contributed by atoms with Crippen molar-refractivity contribution in [3.8, 4) is 0 Å². The fourth-order valence-corrected chi connectivity index (χ4v) is 3.46. The molecule has 1 atom stereocenters. The molecule has 0 saturated carbocycles. The molecule has 0 aliphatic carbocycles. The number of urea groups is 1. The van der Waals surface area contributed by atoms with E-state index in [9.17, 15) is 9.59 Å². The second-order valence-corrected chi connectivity index (χ2v) is 7.48. The Morgan fingerprint density at radius 3 is 2.70 bits per heavy atom. The average molecular weight is 378 g/mol. The lowest BCUT2D eigenvalue weighted by Crippen LogP contribution is -2.43. The fourth-order valence-electron chi connectivity index (χ4n) is 3.46. The van der Waals surface area contributed by atoms with Crippen LogP contribution in [0.5, 0.6) is 0 Å². The average Bonchev–Trinajstić information content (AvgIpc) is 3.08. The summed E-state index contributed by atoms with van der Waals surface area (Å²) in [6.45, 7) is 8.22. The molecule has 1 fully saturated rings. The molecule has 0 aromatic carbocycles. The van der Waals surface area contributed by atoms with E-state index in [1.54, 1.807) is 19.0 Å². The topological polar surface area (TPSA) is 82.9 Å². The fraction of sp³-hybridized carbons (Fsp3) is 0.722. The third-order valence-corrected chi connectivity index (χ3v) is 5.03. The Bertz CT molecular complexity index is 668. The summed E-state index contributed by atoms with van der Waals surface area (Å²) in [5, 5.41) is 7.55. The molecule has 0 spiro atoms. The lowest BCUT2D eigenvalue weighted by atomic mass is 10.1. The Morgan fingerprint density at radius 1 is 1.26 bits per heavy atom. The highest BCUT2D eigenvalue weighted by Crippen LogP contribution is 2.15. The van der Waals surface area contributed by atoms with Crippen molar-refractivity contribution >= 4 is 11.9 Å². The van der Waals surface area contributed by atoms with Crippen molar-refractivity contribution in [2.45, 2.75) is 26.6 Å². The maximum Gasteiger partial charge on any atom is 0.319 e. The Hall–Kier alpha value is -2.13. The lowest BCUT2D eigenvalue weighted by Gasteiger charge is -2.29. The molecule has 150 valence electrons. The van der Waals surface area contributed by atoms with Gasteiger partial charge in [0.15, 0.2) is 0 Å². The van der Waals surface area contributed by atoms with Crippen LogP contribution in [0.1, 0.15) is 18.3 Å². The second kappa shape index (κ2) is 8.71. The number of morpholine rings is 1. The summed E-state index contributed by atoms with van der Waals surface area (Å²) >= 11 is 0. The van der Waals surface area contributed by atoms with Crippen LogP contribution in [0.3, 0.4) is 0 Å². The van der Waals surface area contributed by atoms with Gasteiger partial charge in [0, 0.05) is 46.2 Å². The summed E-state index contributed by atoms with van der Waals surface area (Å²) in [6.07, 6.45) is 0. The summed E-state index contributed by atoms with van der Waals surface area (Å²) in [4.78, 5) is 30.2. The summed E-state index contributed by atoms with van der Waals surface area (Å²) in [5.74, 6) is -0.0366. The zero-order valence-electron chi connectivity index (χ0n) is 16.5. The number of nitrogens with one attached hydrogen (secondary N) is 1. The van der Waals surface area contributed by atoms with Crippen LogP contribution in [0.4, 0.5) is 4.79 Å². The molecule has 3 heterocycles. The maximum absolute atomic E-state index is 12.4. The normalized spacial score (nSPS) is 18.7. The number of ether oxygens (including phenoxy) is 1. The van der Waals surface area contributed by atoms with Crippen molar-refractivity contribution in [1.82, 2.24) is 29.8 Å². The van der Waals surface area contributed by atoms with Crippen molar-refractivity contribution in [3.05, 3.63) is 17.5 Å². The molecule has 9 nitrogen and oxygen atoms in total. The van der Waals surface area contributed by atoms with Crippen LogP contribution in [0.25, 0.3) is 0 Å². The third-order valence-electron chi connectivity index (χ3n) is 5.03. The molecule has 1 aromatic heterocycles. The Labute approximate surface area is 160 Å². The van der Waals surface area contributed by atoms with Crippen molar-refractivity contribution < 1.29 is 14.3 Å². The SMILES string of the molecule is CC(CN1CCOCC1)C(=O)NCc1cc2n(n1)CCN(C(=O)N(C)C)C2. The van der Waals surface area contributed by atoms with E-state index in [4.69, 9.17) is 4.74 Å². The monoisotopic (exact) mass is 378 g/mol. The molecule has 3 amide bonds. The predicted octanol–water partition coefficient (Wildman–Crippen LogP) is -0.0352. The van der Waals surface area contributed by atoms with Gasteiger partial charge in [-0.2, -0.15) is 5.10 Å². The van der Waals surface area contributed by atoms with Gasteiger partial charge in [0.2, 0.25) is 5.91 Å². The molecule has 1 aromatic rings. The molecule has 1 unspecified atom stereocenters. The molecular weight excluding hydrogens is 348 g/mol. The first-order chi connectivity index (χ1) is 12.9. The summed E-state index contributed by atoms with van der Waals surface area (Å²) in [6, 6.07) is 1.98. The number of carbonyl (C=O) groups is 2. The van der Waals surface area contributed by atoms with Gasteiger partial charge in [0.05, 0.1) is 44.2 Å². The first-order valence-corrected chi connectivity index (χ1v) is 9.53. The minimum atomic E-state index is -0.0754. The lowest BCUT2D eigenvalue weighted by molar-refractivity contribution is -0.125. The molecule has 9 heteroatoms. The van der Waals surface area contributed by atoms with Crippen molar-refractivity contribution in [1.29, 1.82) is 0 Å². The highest BCUT2D eigenvalue weighted by molar-refractivity contribution is 5.78. The van der Waals surface area contributed by atoms with Gasteiger partial charge < -0.3 is 19.9 Å². The van der Waals surface area contributed by atoms with E-state index in [-0.39, 0.29) is 17.9 Å². The van der Waals surface area contributed by atoms with E-state index in [2.05, 4.69) is 15.3 Å². The van der Waals surface area contributed by atoms with Crippen molar-refractivity contribution in [3.63, 3.8) is 0 Å². The Morgan fingerprint density at radius 2 is 2.00 bits per heavy atom. The number of carbonyl (C=O) groups excluding carboxylic acids is 2. The molecule has 0 radical (unpaired) electrons. The quantitative estimate of drug-likeness (QED) is 0.778. The molecule has 2 aliphatic rings. The maximum atomic E-state index is 12.4. The molecule has 2 aliphatic heterocycles. The third kappa shape index (κ3) is 4.98. The first kappa shape index (κ1) is 19.6. The minimum absolute atomic E-state index is 0.00856. The van der Waals surface area contributed by atoms with Crippen LogP contribution >= 0.6 is 0 Å². The van der Waals surface area contributed by atoms with Gasteiger partial charge in [-0.25, -0.2) is 4.79 Å². The number of hydrogen-bond donors (Lipinski definition) is 1. The van der Waals surface area contributed by atoms with E-state index in [0.29, 0.717) is 26.2 Å². The van der Waals surface area contributed by atoms with Crippen LogP contribution in [-0.4, -0.2) is 89.9 Å². The summed E-state index contributed by atoms with van der Waals surface area (Å²) < 4.78 is 7.27. The zero-order valence-corrected chi connectivity index (χ0v) is 16.5. The zero-order chi connectivity index (χ0) is 19.4. The van der Waals surface area contributed by atoms with Gasteiger partial charge >= 0.3 is 6.03 Å². The van der Waals surface area contributed by atoms with Crippen LogP contribution in [0.2, 0.25) is 0 Å². The standard InChI is InChI=1S/C18H30N6O3/c1-14(12-22-6-8-27-9-7-22)17(25)19-11-15-10-16-13-23(18(26)21(2)3)4-5-24(16)20-15/h10,14H,4-9,11-13H2,1-3H3,(H,19,25). The van der Waals surface area contributed by atoms with Gasteiger partial charge in [0.1, 0.15) is 0 Å². The summed E-state index contributed by atoms with van der Waals surface area (Å²) in [7, 11) is 3.51. The summed E-state index contributed by atoms with van der Waals surface area (Å²) in [5.41, 5.74) is 1.83. The minimum Gasteiger partial charge on any atom is -0.379 e. The molecule has 0 bridgehead atoms. The highest BCUT2D eigenvalue weighted by Gasteiger charge is 2.24. The van der Waals surface area contributed by atoms with E-state index in [0.717, 1.165) is 44.2 Å². The number of rotatable bonds is 5. The number of hydrogen-bond acceptors (Lipinski definition) is 5. The van der Waals surface area contributed by atoms with Gasteiger partial charge in [-0.3, -0.25) is 14.4 Å². The number of fused-ring (bicyclic) bond motifs is 1. The smallest absolute Gasteiger partial charge is 0.319 e. The van der Waals surface area contributed by atoms with Gasteiger partial charge in [-0.1, -0.05) is 6.92 Å². The Balaban J connectivity index is 1.49. The van der Waals surface area contributed by atoms with Crippen molar-refractivity contribution in [2.75, 3.05) is 53.5 Å². The molecular formula is C18H30N6O3. The molecule has 3 rings (SSSR count). The highest BCUT2D eigenvalue weighted by atomic mass is 16.5. The molecule has 27 heavy (non-hydrogen) atoms. The molecule has 1 N–H and O–H groups in total. The van der Waals surface area contributed by atoms with E-state index >= 15 is 0 Å². The number of nitrogens with zero attached hydrogens (tertiary/aromatic N) is 5. The first-order valence-electron chi connectivity index (χ1n) is 9.53. The Kier molecular flexibility index (Phi) is 6.33. The van der Waals surface area contributed by atoms with Gasteiger partial charge in [0.25, 0.3) is 0 Å². The van der Waals surface area contributed by atoms with E-state index in [1.165, 1.54) is 0 Å². The van der Waals surface area contributed by atoms with Gasteiger partial charge in [-0.15, -0.1) is 0 Å². The second-order valence-electron chi connectivity index (χ2n) is 7.48. The van der Waals surface area contributed by atoms with Crippen molar-refractivity contribution in [2.24, 2.45) is 5.92 Å².